The summed E-state index contributed by atoms with van der Waals surface area (Å²) in [7, 11) is 1.49. The van der Waals surface area contributed by atoms with Crippen LogP contribution in [0.4, 0.5) is 0 Å². The lowest BCUT2D eigenvalue weighted by Crippen LogP contribution is -2.38. The van der Waals surface area contributed by atoms with Gasteiger partial charge in [-0.1, -0.05) is 26.2 Å². The molecule has 1 aliphatic heterocycles. The molecule has 0 aromatic carbocycles. The Morgan fingerprint density at radius 1 is 1.33 bits per heavy atom. The normalized spacial score (nSPS) is 19.9. The van der Waals surface area contributed by atoms with Gasteiger partial charge in [0.15, 0.2) is 0 Å². The molecule has 0 spiro atoms. The van der Waals surface area contributed by atoms with Gasteiger partial charge in [-0.15, -0.1) is 0 Å². The largest absolute Gasteiger partial charge is 0.469 e. The van der Waals surface area contributed by atoms with E-state index in [0.29, 0.717) is 13.2 Å². The lowest BCUT2D eigenvalue weighted by Gasteiger charge is -2.34. The summed E-state index contributed by atoms with van der Waals surface area (Å²) >= 11 is 0. The first-order valence-corrected chi connectivity index (χ1v) is 5.91. The van der Waals surface area contributed by atoms with E-state index in [2.05, 4.69) is 6.92 Å². The van der Waals surface area contributed by atoms with E-state index >= 15 is 0 Å². The van der Waals surface area contributed by atoms with E-state index in [1.165, 1.54) is 20.0 Å². The van der Waals surface area contributed by atoms with Gasteiger partial charge in [0.2, 0.25) is 0 Å². The van der Waals surface area contributed by atoms with E-state index < -0.39 is 0 Å². The van der Waals surface area contributed by atoms with Crippen molar-refractivity contribution in [2.24, 2.45) is 5.41 Å². The molecule has 1 heterocycles. The zero-order valence-electron chi connectivity index (χ0n) is 9.88. The Balaban J connectivity index is 2.54. The second-order valence-electron chi connectivity index (χ2n) is 4.34. The number of rotatable bonds is 5. The molecule has 1 rings (SSSR count). The van der Waals surface area contributed by atoms with Gasteiger partial charge in [-0.2, -0.15) is 0 Å². The Bertz CT molecular complexity index is 195. The number of ether oxygens (including phenoxy) is 2. The third-order valence-electron chi connectivity index (χ3n) is 3.33. The predicted octanol–water partition coefficient (Wildman–Crippen LogP) is 2.54. The van der Waals surface area contributed by atoms with Crippen LogP contribution < -0.4 is 0 Å². The van der Waals surface area contributed by atoms with Crippen LogP contribution in [0, 0.1) is 5.41 Å². The fraction of sp³-hybridized carbons (Fsp3) is 0.917. The Morgan fingerprint density at radius 2 is 2.00 bits per heavy atom. The molecular weight excluding hydrogens is 192 g/mol. The second-order valence-corrected chi connectivity index (χ2v) is 4.34. The number of carbonyl (C=O) groups excluding carboxylic acids is 1. The van der Waals surface area contributed by atoms with Gasteiger partial charge in [0, 0.05) is 13.2 Å². The van der Waals surface area contributed by atoms with Crippen molar-refractivity contribution in [1.82, 2.24) is 0 Å². The van der Waals surface area contributed by atoms with E-state index in [0.717, 1.165) is 25.7 Å². The monoisotopic (exact) mass is 214 g/mol. The van der Waals surface area contributed by atoms with Crippen LogP contribution in [0.25, 0.3) is 0 Å². The molecule has 0 aromatic rings. The van der Waals surface area contributed by atoms with Crippen molar-refractivity contribution in [1.29, 1.82) is 0 Å². The highest BCUT2D eigenvalue weighted by atomic mass is 16.5. The fourth-order valence-corrected chi connectivity index (χ4v) is 2.25. The molecule has 1 saturated heterocycles. The van der Waals surface area contributed by atoms with Gasteiger partial charge < -0.3 is 9.47 Å². The summed E-state index contributed by atoms with van der Waals surface area (Å²) in [5, 5.41) is 0. The smallest absolute Gasteiger partial charge is 0.311 e. The highest BCUT2D eigenvalue weighted by Crippen LogP contribution is 2.37. The molecule has 1 fully saturated rings. The SMILES string of the molecule is CCCCCC1(C(=O)OC)CCOCC1. The summed E-state index contributed by atoms with van der Waals surface area (Å²) in [5.74, 6) is -0.0399. The summed E-state index contributed by atoms with van der Waals surface area (Å²) in [5.41, 5.74) is -0.248. The number of esters is 1. The minimum absolute atomic E-state index is 0.0399. The van der Waals surface area contributed by atoms with Crippen molar-refractivity contribution in [3.63, 3.8) is 0 Å². The molecule has 0 atom stereocenters. The first-order chi connectivity index (χ1) is 7.25. The number of methoxy groups -OCH3 is 1. The van der Waals surface area contributed by atoms with E-state index in [-0.39, 0.29) is 11.4 Å². The van der Waals surface area contributed by atoms with Gasteiger partial charge in [-0.3, -0.25) is 4.79 Å². The van der Waals surface area contributed by atoms with Crippen LogP contribution in [0.2, 0.25) is 0 Å². The number of carbonyl (C=O) groups is 1. The van der Waals surface area contributed by atoms with Crippen LogP contribution in [0.15, 0.2) is 0 Å². The first kappa shape index (κ1) is 12.5. The quantitative estimate of drug-likeness (QED) is 0.521. The molecule has 15 heavy (non-hydrogen) atoms. The Kier molecular flexibility index (Phi) is 5.09. The zero-order chi connectivity index (χ0) is 11.1. The Hall–Kier alpha value is -0.570. The molecule has 88 valence electrons. The maximum Gasteiger partial charge on any atom is 0.311 e. The van der Waals surface area contributed by atoms with E-state index in [9.17, 15) is 4.79 Å². The van der Waals surface area contributed by atoms with Crippen molar-refractivity contribution < 1.29 is 14.3 Å². The van der Waals surface area contributed by atoms with E-state index in [4.69, 9.17) is 9.47 Å². The van der Waals surface area contributed by atoms with Crippen molar-refractivity contribution in [2.45, 2.75) is 45.4 Å². The molecule has 0 radical (unpaired) electrons. The molecule has 0 amide bonds. The van der Waals surface area contributed by atoms with Gasteiger partial charge in [-0.05, 0) is 19.3 Å². The van der Waals surface area contributed by atoms with Gasteiger partial charge in [0.05, 0.1) is 12.5 Å². The maximum absolute atomic E-state index is 11.8. The molecule has 0 aromatic heterocycles. The van der Waals surface area contributed by atoms with E-state index in [1.807, 2.05) is 0 Å². The predicted molar refractivity (Wildman–Crippen MR) is 58.6 cm³/mol. The van der Waals surface area contributed by atoms with E-state index in [1.54, 1.807) is 0 Å². The van der Waals surface area contributed by atoms with Crippen molar-refractivity contribution in [3.8, 4) is 0 Å². The topological polar surface area (TPSA) is 35.5 Å². The second kappa shape index (κ2) is 6.11. The summed E-state index contributed by atoms with van der Waals surface area (Å²) in [6.45, 7) is 3.57. The summed E-state index contributed by atoms with van der Waals surface area (Å²) < 4.78 is 10.2. The molecule has 0 aliphatic carbocycles. The number of unbranched alkanes of at least 4 members (excludes halogenated alkanes) is 2. The molecule has 0 N–H and O–H groups in total. The number of hydrogen-bond acceptors (Lipinski definition) is 3. The average Bonchev–Trinajstić information content (AvgIpc) is 2.29. The van der Waals surface area contributed by atoms with Crippen molar-refractivity contribution in [2.75, 3.05) is 20.3 Å². The molecular formula is C12H22O3. The highest BCUT2D eigenvalue weighted by Gasteiger charge is 2.40. The molecule has 3 nitrogen and oxygen atoms in total. The lowest BCUT2D eigenvalue weighted by atomic mass is 9.76. The first-order valence-electron chi connectivity index (χ1n) is 5.91. The van der Waals surface area contributed by atoms with Crippen molar-refractivity contribution in [3.05, 3.63) is 0 Å². The Morgan fingerprint density at radius 3 is 2.53 bits per heavy atom. The minimum atomic E-state index is -0.248. The van der Waals surface area contributed by atoms with Gasteiger partial charge in [-0.25, -0.2) is 0 Å². The van der Waals surface area contributed by atoms with Crippen LogP contribution in [0.5, 0.6) is 0 Å². The standard InChI is InChI=1S/C12H22O3/c1-3-4-5-6-12(11(13)14-2)7-9-15-10-8-12/h3-10H2,1-2H3. The van der Waals surface area contributed by atoms with Crippen molar-refractivity contribution >= 4 is 5.97 Å². The van der Waals surface area contributed by atoms with Gasteiger partial charge in [0.25, 0.3) is 0 Å². The maximum atomic E-state index is 11.8. The molecule has 0 bridgehead atoms. The van der Waals surface area contributed by atoms with Crippen LogP contribution >= 0.6 is 0 Å². The fourth-order valence-electron chi connectivity index (χ4n) is 2.25. The third kappa shape index (κ3) is 3.20. The lowest BCUT2D eigenvalue weighted by molar-refractivity contribution is -0.159. The molecule has 1 aliphatic rings. The van der Waals surface area contributed by atoms with Gasteiger partial charge in [0.1, 0.15) is 0 Å². The Labute approximate surface area is 92.1 Å². The number of hydrogen-bond donors (Lipinski definition) is 0. The highest BCUT2D eigenvalue weighted by molar-refractivity contribution is 5.76. The van der Waals surface area contributed by atoms with Gasteiger partial charge >= 0.3 is 5.97 Å². The van der Waals surface area contributed by atoms with Crippen LogP contribution in [0.3, 0.4) is 0 Å². The minimum Gasteiger partial charge on any atom is -0.469 e. The summed E-state index contributed by atoms with van der Waals surface area (Å²) in [4.78, 5) is 11.8. The zero-order valence-corrected chi connectivity index (χ0v) is 9.88. The van der Waals surface area contributed by atoms with Crippen LogP contribution in [0.1, 0.15) is 45.4 Å². The average molecular weight is 214 g/mol. The molecule has 0 saturated carbocycles. The molecule has 0 unspecified atom stereocenters. The third-order valence-corrected chi connectivity index (χ3v) is 3.33. The van der Waals surface area contributed by atoms with Crippen LogP contribution in [-0.2, 0) is 14.3 Å². The summed E-state index contributed by atoms with van der Waals surface area (Å²) in [6, 6.07) is 0. The van der Waals surface area contributed by atoms with Crippen LogP contribution in [-0.4, -0.2) is 26.3 Å². The molecule has 3 heteroatoms. The summed E-state index contributed by atoms with van der Waals surface area (Å²) in [6.07, 6.45) is 6.10.